The molecule has 1 heterocycles. The predicted molar refractivity (Wildman–Crippen MR) is 47.7 cm³/mol. The van der Waals surface area contributed by atoms with Gasteiger partial charge in [0.05, 0.1) is 10.7 Å². The summed E-state index contributed by atoms with van der Waals surface area (Å²) in [5.74, 6) is 0. The molecule has 0 radical (unpaired) electrons. The Hall–Kier alpha value is -0.370. The summed E-state index contributed by atoms with van der Waals surface area (Å²) in [5, 5.41) is 1.18. The van der Waals surface area contributed by atoms with Gasteiger partial charge in [0.15, 0.2) is 0 Å². The molecule has 0 fully saturated rings. The molecule has 0 bridgehead atoms. The molecule has 0 aliphatic heterocycles. The van der Waals surface area contributed by atoms with Crippen molar-refractivity contribution in [1.82, 2.24) is 4.98 Å². The zero-order valence-corrected chi connectivity index (χ0v) is 6.88. The molecule has 0 aromatic carbocycles. The first-order chi connectivity index (χ1) is 4.24. The molecule has 0 saturated carbocycles. The minimum absolute atomic E-state index is 0. The Kier molecular flexibility index (Phi) is 3.58. The minimum atomic E-state index is 0. The Labute approximate surface area is 67.1 Å². The fourth-order valence-electron chi connectivity index (χ4n) is 0.901. The lowest BCUT2D eigenvalue weighted by molar-refractivity contribution is 1.10. The number of hydrogen-bond donors (Lipinski definition) is 0. The number of thiazole rings is 1. The Balaban J connectivity index is 0.000000810. The van der Waals surface area contributed by atoms with E-state index >= 15 is 0 Å². The first kappa shape index (κ1) is 9.63. The first-order valence-electron chi connectivity index (χ1n) is 3.17. The van der Waals surface area contributed by atoms with E-state index in [0.29, 0.717) is 0 Å². The standard InChI is InChI=1S/C7H11NS.CH4/c1-4-7-5(2)8-6(3)9-7;/h4H2,1-3H3;1H4. The average Bonchev–Trinajstić information content (AvgIpc) is 2.10. The third-order valence-corrected chi connectivity index (χ3v) is 2.54. The van der Waals surface area contributed by atoms with Crippen LogP contribution < -0.4 is 0 Å². The van der Waals surface area contributed by atoms with Crippen LogP contribution in [0.25, 0.3) is 0 Å². The summed E-state index contributed by atoms with van der Waals surface area (Å²) >= 11 is 1.80. The molecule has 0 atom stereocenters. The normalized spacial score (nSPS) is 9.10. The van der Waals surface area contributed by atoms with Crippen LogP contribution in [0.3, 0.4) is 0 Å². The summed E-state index contributed by atoms with van der Waals surface area (Å²) in [6.07, 6.45) is 1.12. The van der Waals surface area contributed by atoms with E-state index in [1.54, 1.807) is 11.3 Å². The van der Waals surface area contributed by atoms with Crippen LogP contribution >= 0.6 is 11.3 Å². The zero-order valence-electron chi connectivity index (χ0n) is 6.06. The number of nitrogens with zero attached hydrogens (tertiary/aromatic N) is 1. The van der Waals surface area contributed by atoms with Crippen molar-refractivity contribution in [3.8, 4) is 0 Å². The van der Waals surface area contributed by atoms with Crippen molar-refractivity contribution in [3.63, 3.8) is 0 Å². The van der Waals surface area contributed by atoms with Gasteiger partial charge in [0.2, 0.25) is 0 Å². The molecular formula is C8H15NS. The van der Waals surface area contributed by atoms with Crippen LogP contribution in [0.15, 0.2) is 0 Å². The second-order valence-corrected chi connectivity index (χ2v) is 3.38. The van der Waals surface area contributed by atoms with Gasteiger partial charge >= 0.3 is 0 Å². The van der Waals surface area contributed by atoms with Crippen LogP contribution in [0.4, 0.5) is 0 Å². The molecule has 0 unspecified atom stereocenters. The highest BCUT2D eigenvalue weighted by Gasteiger charge is 1.99. The van der Waals surface area contributed by atoms with E-state index in [9.17, 15) is 0 Å². The maximum atomic E-state index is 4.30. The molecule has 1 nitrogen and oxygen atoms in total. The fourth-order valence-corrected chi connectivity index (χ4v) is 1.78. The molecule has 1 aromatic rings. The predicted octanol–water partition coefficient (Wildman–Crippen LogP) is 2.96. The van der Waals surface area contributed by atoms with Crippen molar-refractivity contribution < 1.29 is 0 Å². The smallest absolute Gasteiger partial charge is 0.0900 e. The van der Waals surface area contributed by atoms with Gasteiger partial charge in [-0.05, 0) is 20.3 Å². The van der Waals surface area contributed by atoms with E-state index < -0.39 is 0 Å². The van der Waals surface area contributed by atoms with Gasteiger partial charge in [0.1, 0.15) is 0 Å². The molecule has 0 aliphatic rings. The maximum Gasteiger partial charge on any atom is 0.0900 e. The van der Waals surface area contributed by atoms with Gasteiger partial charge in [-0.3, -0.25) is 0 Å². The van der Waals surface area contributed by atoms with E-state index in [-0.39, 0.29) is 7.43 Å². The summed E-state index contributed by atoms with van der Waals surface area (Å²) in [6.45, 7) is 6.29. The topological polar surface area (TPSA) is 12.9 Å². The molecule has 2 heteroatoms. The number of hydrogen-bond acceptors (Lipinski definition) is 2. The van der Waals surface area contributed by atoms with E-state index in [2.05, 4.69) is 25.8 Å². The average molecular weight is 157 g/mol. The Morgan fingerprint density at radius 2 is 2.00 bits per heavy atom. The molecule has 0 spiro atoms. The van der Waals surface area contributed by atoms with Crippen LogP contribution in [0.5, 0.6) is 0 Å². The van der Waals surface area contributed by atoms with Gasteiger partial charge < -0.3 is 0 Å². The summed E-state index contributed by atoms with van der Waals surface area (Å²) in [5.41, 5.74) is 1.21. The SMILES string of the molecule is C.CCc1sc(C)nc1C. The molecule has 0 amide bonds. The van der Waals surface area contributed by atoms with Gasteiger partial charge in [0.25, 0.3) is 0 Å². The van der Waals surface area contributed by atoms with Crippen LogP contribution in [-0.4, -0.2) is 4.98 Å². The van der Waals surface area contributed by atoms with Crippen molar-refractivity contribution in [3.05, 3.63) is 15.6 Å². The van der Waals surface area contributed by atoms with Crippen molar-refractivity contribution in [2.45, 2.75) is 34.6 Å². The summed E-state index contributed by atoms with van der Waals surface area (Å²) in [6, 6.07) is 0. The number of aromatic nitrogens is 1. The van der Waals surface area contributed by atoms with Crippen molar-refractivity contribution in [2.75, 3.05) is 0 Å². The number of aryl methyl sites for hydroxylation is 3. The van der Waals surface area contributed by atoms with Gasteiger partial charge in [0, 0.05) is 4.88 Å². The van der Waals surface area contributed by atoms with Crippen molar-refractivity contribution >= 4 is 11.3 Å². The lowest BCUT2D eigenvalue weighted by Gasteiger charge is -1.85. The molecule has 0 saturated heterocycles. The molecule has 0 N–H and O–H groups in total. The third kappa shape index (κ3) is 1.81. The highest BCUT2D eigenvalue weighted by atomic mass is 32.1. The molecule has 1 rings (SSSR count). The van der Waals surface area contributed by atoms with Crippen molar-refractivity contribution in [2.24, 2.45) is 0 Å². The van der Waals surface area contributed by atoms with Gasteiger partial charge in [-0.25, -0.2) is 4.98 Å². The van der Waals surface area contributed by atoms with E-state index in [1.807, 2.05) is 0 Å². The lowest BCUT2D eigenvalue weighted by atomic mass is 10.3. The third-order valence-electron chi connectivity index (χ3n) is 1.32. The van der Waals surface area contributed by atoms with Gasteiger partial charge in [-0.2, -0.15) is 0 Å². The van der Waals surface area contributed by atoms with E-state index in [1.165, 1.54) is 15.6 Å². The Morgan fingerprint density at radius 3 is 2.20 bits per heavy atom. The monoisotopic (exact) mass is 157 g/mol. The Bertz CT molecular complexity index is 203. The van der Waals surface area contributed by atoms with E-state index in [4.69, 9.17) is 0 Å². The quantitative estimate of drug-likeness (QED) is 0.610. The highest BCUT2D eigenvalue weighted by molar-refractivity contribution is 7.11. The van der Waals surface area contributed by atoms with Gasteiger partial charge in [-0.1, -0.05) is 14.4 Å². The second-order valence-electron chi connectivity index (χ2n) is 2.10. The van der Waals surface area contributed by atoms with Crippen LogP contribution in [0.1, 0.15) is 29.9 Å². The molecular weight excluding hydrogens is 142 g/mol. The largest absolute Gasteiger partial charge is 0.247 e. The lowest BCUT2D eigenvalue weighted by Crippen LogP contribution is -1.77. The molecule has 58 valence electrons. The van der Waals surface area contributed by atoms with Crippen molar-refractivity contribution in [1.29, 1.82) is 0 Å². The number of rotatable bonds is 1. The molecule has 0 aliphatic carbocycles. The van der Waals surface area contributed by atoms with Crippen LogP contribution in [-0.2, 0) is 6.42 Å². The summed E-state index contributed by atoms with van der Waals surface area (Å²) in [7, 11) is 0. The summed E-state index contributed by atoms with van der Waals surface area (Å²) in [4.78, 5) is 5.72. The zero-order chi connectivity index (χ0) is 6.85. The van der Waals surface area contributed by atoms with E-state index in [0.717, 1.165) is 6.42 Å². The van der Waals surface area contributed by atoms with Crippen LogP contribution in [0, 0.1) is 13.8 Å². The molecule has 10 heavy (non-hydrogen) atoms. The fraction of sp³-hybridized carbons (Fsp3) is 0.625. The van der Waals surface area contributed by atoms with Crippen LogP contribution in [0.2, 0.25) is 0 Å². The maximum absolute atomic E-state index is 4.30. The first-order valence-corrected chi connectivity index (χ1v) is 3.98. The Morgan fingerprint density at radius 1 is 1.40 bits per heavy atom. The summed E-state index contributed by atoms with van der Waals surface area (Å²) < 4.78 is 0. The highest BCUT2D eigenvalue weighted by Crippen LogP contribution is 2.16. The minimum Gasteiger partial charge on any atom is -0.247 e. The molecule has 1 aromatic heterocycles. The van der Waals surface area contributed by atoms with Gasteiger partial charge in [-0.15, -0.1) is 11.3 Å². The second kappa shape index (κ2) is 3.71.